The third kappa shape index (κ3) is 7.06. The second-order valence-corrected chi connectivity index (χ2v) is 18.2. The monoisotopic (exact) mass is 760 g/mol. The van der Waals surface area contributed by atoms with Gasteiger partial charge in [-0.3, -0.25) is 14.3 Å². The van der Waals surface area contributed by atoms with Crippen molar-refractivity contribution in [3.05, 3.63) is 93.3 Å². The molecule has 53 heavy (non-hydrogen) atoms. The molecular weight excluding hydrogens is 712 g/mol. The maximum absolute atomic E-state index is 14.7. The van der Waals surface area contributed by atoms with Crippen molar-refractivity contribution in [2.75, 3.05) is 44.1 Å². The molecule has 2 amide bonds. The van der Waals surface area contributed by atoms with Crippen molar-refractivity contribution >= 4 is 39.0 Å². The van der Waals surface area contributed by atoms with Crippen LogP contribution in [0.4, 0.5) is 5.69 Å². The molecule has 1 unspecified atom stereocenters. The average molecular weight is 761 g/mol. The summed E-state index contributed by atoms with van der Waals surface area (Å²) in [5, 5.41) is 0.742. The Labute approximate surface area is 317 Å². The summed E-state index contributed by atoms with van der Waals surface area (Å²) in [6.45, 7) is 7.45. The number of carbonyl (C=O) groups is 2. The summed E-state index contributed by atoms with van der Waals surface area (Å²) >= 11 is 6.47. The van der Waals surface area contributed by atoms with Crippen molar-refractivity contribution in [2.24, 2.45) is 22.1 Å². The topological polar surface area (TPSA) is 111 Å². The van der Waals surface area contributed by atoms with Gasteiger partial charge < -0.3 is 23.7 Å². The van der Waals surface area contributed by atoms with Crippen molar-refractivity contribution in [3.8, 4) is 5.75 Å². The Morgan fingerprint density at radius 1 is 1.19 bits per heavy atom. The van der Waals surface area contributed by atoms with Crippen LogP contribution in [0.2, 0.25) is 5.02 Å². The second kappa shape index (κ2) is 14.5. The maximum atomic E-state index is 14.7. The van der Waals surface area contributed by atoms with E-state index >= 15 is 0 Å². The number of fused-ring (bicyclic) bond motifs is 5. The minimum Gasteiger partial charge on any atom is -0.490 e. The highest BCUT2D eigenvalue weighted by Crippen LogP contribution is 2.47. The SMILES string of the molecule is CO[C@H]1/C=C/C[C@H](C)CS(=O)(NC(=O)c2cn3c(c2C)COCC3)=NC(=O)c2ccc3c(c2)N(C[C@@H]2CC[C@H]21)C[C@@]1(CCCc2cc(Cl)ccc21)CO3. The highest BCUT2D eigenvalue weighted by atomic mass is 35.5. The first-order valence-electron chi connectivity index (χ1n) is 18.9. The van der Waals surface area contributed by atoms with Gasteiger partial charge in [0, 0.05) is 54.6 Å². The van der Waals surface area contributed by atoms with Gasteiger partial charge in [0.05, 0.1) is 42.9 Å². The summed E-state index contributed by atoms with van der Waals surface area (Å²) in [6, 6.07) is 11.6. The molecule has 3 aromatic rings. The predicted molar refractivity (Wildman–Crippen MR) is 206 cm³/mol. The van der Waals surface area contributed by atoms with Gasteiger partial charge in [-0.2, -0.15) is 0 Å². The van der Waals surface area contributed by atoms with E-state index < -0.39 is 21.7 Å². The second-order valence-electron chi connectivity index (χ2n) is 15.8. The van der Waals surface area contributed by atoms with Gasteiger partial charge >= 0.3 is 0 Å². The van der Waals surface area contributed by atoms with Crippen molar-refractivity contribution in [1.29, 1.82) is 0 Å². The Morgan fingerprint density at radius 3 is 2.85 bits per heavy atom. The number of nitrogens with zero attached hydrogens (tertiary/aromatic N) is 3. The Balaban J connectivity index is 1.19. The molecule has 10 nitrogen and oxygen atoms in total. The van der Waals surface area contributed by atoms with Crippen LogP contribution in [0.15, 0.2) is 59.1 Å². The van der Waals surface area contributed by atoms with Gasteiger partial charge in [-0.1, -0.05) is 36.7 Å². The number of allylic oxidation sites excluding steroid dienone is 1. The van der Waals surface area contributed by atoms with Gasteiger partial charge in [0.15, 0.2) is 0 Å². The first-order chi connectivity index (χ1) is 25.5. The molecule has 8 rings (SSSR count). The first kappa shape index (κ1) is 36.3. The van der Waals surface area contributed by atoms with Crippen LogP contribution in [-0.2, 0) is 44.4 Å². The fourth-order valence-electron chi connectivity index (χ4n) is 9.22. The Morgan fingerprint density at radius 2 is 2.06 bits per heavy atom. The largest absolute Gasteiger partial charge is 0.490 e. The summed E-state index contributed by atoms with van der Waals surface area (Å²) < 4.78 is 42.2. The summed E-state index contributed by atoms with van der Waals surface area (Å²) in [5.41, 5.74) is 5.51. The van der Waals surface area contributed by atoms with Crippen LogP contribution in [0, 0.1) is 24.7 Å². The summed E-state index contributed by atoms with van der Waals surface area (Å²) in [4.78, 5) is 30.3. The fraction of sp³-hybridized carbons (Fsp3) is 0.512. The molecule has 0 saturated heterocycles. The number of amides is 2. The molecule has 5 aliphatic rings. The lowest BCUT2D eigenvalue weighted by atomic mass is 9.68. The van der Waals surface area contributed by atoms with Crippen LogP contribution >= 0.6 is 11.6 Å². The predicted octanol–water partition coefficient (Wildman–Crippen LogP) is 7.04. The molecule has 1 aromatic heterocycles. The van der Waals surface area contributed by atoms with Gasteiger partial charge in [-0.15, -0.1) is 4.36 Å². The number of hydrogen-bond acceptors (Lipinski definition) is 7. The molecule has 12 heteroatoms. The van der Waals surface area contributed by atoms with Crippen LogP contribution in [-0.4, -0.2) is 65.9 Å². The third-order valence-electron chi connectivity index (χ3n) is 12.2. The number of hydrogen-bond donors (Lipinski definition) is 1. The number of halogens is 1. The Hall–Kier alpha value is -3.64. The molecule has 6 atom stereocenters. The highest BCUT2D eigenvalue weighted by molar-refractivity contribution is 7.92. The molecule has 0 radical (unpaired) electrons. The Bertz CT molecular complexity index is 2090. The molecule has 1 saturated carbocycles. The lowest BCUT2D eigenvalue weighted by Gasteiger charge is -2.46. The number of rotatable bonds is 3. The summed E-state index contributed by atoms with van der Waals surface area (Å²) in [6.07, 6.45) is 11.7. The van der Waals surface area contributed by atoms with E-state index in [1.54, 1.807) is 19.4 Å². The van der Waals surface area contributed by atoms with Crippen molar-refractivity contribution < 1.29 is 28.0 Å². The summed E-state index contributed by atoms with van der Waals surface area (Å²) in [7, 11) is -1.77. The van der Waals surface area contributed by atoms with Gasteiger partial charge in [0.2, 0.25) is 0 Å². The van der Waals surface area contributed by atoms with Crippen LogP contribution < -0.4 is 14.4 Å². The number of nitrogens with one attached hydrogen (secondary N) is 1. The first-order valence-corrected chi connectivity index (χ1v) is 21.0. The zero-order valence-electron chi connectivity index (χ0n) is 30.8. The number of anilines is 1. The van der Waals surface area contributed by atoms with Crippen LogP contribution in [0.3, 0.4) is 0 Å². The summed E-state index contributed by atoms with van der Waals surface area (Å²) in [5.74, 6) is 0.159. The number of carbonyl (C=O) groups excluding carboxylic acids is 2. The minimum absolute atomic E-state index is 0.0143. The maximum Gasteiger partial charge on any atom is 0.286 e. The fourth-order valence-corrected chi connectivity index (χ4v) is 11.3. The van der Waals surface area contributed by atoms with Gasteiger partial charge in [0.1, 0.15) is 15.7 Å². The standard InChI is InChI=1S/C41H49ClN4O6S/c1-26-6-4-8-37(50-3)32-12-9-30(32)20-46-24-41(15-5-7-28-18-31(42)11-13-34(28)41)25-52-38-14-10-29(19-35(38)46)39(47)43-53(49,23-26)44-40(48)33-21-45-16-17-51-22-36(45)27(33)2/h4,8,10-11,13-14,18-19,21,26,30,32,37H,5-7,9,12,15-17,20,22-25H2,1-3H3,(H,43,44,47,48,49)/b8-4+/t26-,30-,32+,37-,41-,53?/m0/s1. The van der Waals surface area contributed by atoms with Gasteiger partial charge in [-0.05, 0) is 110 Å². The number of benzene rings is 2. The number of ether oxygens (including phenoxy) is 3. The third-order valence-corrected chi connectivity index (χ3v) is 14.4. The zero-order chi connectivity index (χ0) is 36.9. The van der Waals surface area contributed by atoms with E-state index in [-0.39, 0.29) is 23.2 Å². The van der Waals surface area contributed by atoms with Crippen molar-refractivity contribution in [2.45, 2.75) is 77.0 Å². The lowest BCUT2D eigenvalue weighted by molar-refractivity contribution is 0.0131. The number of methoxy groups -OCH3 is 1. The van der Waals surface area contributed by atoms with E-state index in [4.69, 9.17) is 25.8 Å². The van der Waals surface area contributed by atoms with E-state index in [0.29, 0.717) is 61.5 Å². The molecule has 1 fully saturated rings. The highest BCUT2D eigenvalue weighted by Gasteiger charge is 2.44. The molecular formula is C41H49ClN4O6S. The van der Waals surface area contributed by atoms with E-state index in [1.165, 1.54) is 11.1 Å². The minimum atomic E-state index is -3.54. The quantitative estimate of drug-likeness (QED) is 0.285. The van der Waals surface area contributed by atoms with Crippen molar-refractivity contribution in [3.63, 3.8) is 0 Å². The van der Waals surface area contributed by atoms with Gasteiger partial charge in [-0.25, -0.2) is 4.21 Å². The number of aromatic nitrogens is 1. The molecule has 282 valence electrons. The molecule has 3 aliphatic heterocycles. The molecule has 2 aliphatic carbocycles. The van der Waals surface area contributed by atoms with Crippen LogP contribution in [0.5, 0.6) is 5.75 Å². The molecule has 1 N–H and O–H groups in total. The zero-order valence-corrected chi connectivity index (χ0v) is 32.3. The molecule has 4 heterocycles. The van der Waals surface area contributed by atoms with Crippen LogP contribution in [0.25, 0.3) is 0 Å². The van der Waals surface area contributed by atoms with E-state index in [2.05, 4.69) is 38.3 Å². The molecule has 2 bridgehead atoms. The molecule has 2 aromatic carbocycles. The van der Waals surface area contributed by atoms with Crippen LogP contribution in [0.1, 0.15) is 82.1 Å². The number of aryl methyl sites for hydroxylation is 1. The Kier molecular flexibility index (Phi) is 9.97. The normalized spacial score (nSPS) is 30.4. The van der Waals surface area contributed by atoms with E-state index in [9.17, 15) is 13.8 Å². The smallest absolute Gasteiger partial charge is 0.286 e. The van der Waals surface area contributed by atoms with Crippen molar-refractivity contribution in [1.82, 2.24) is 9.29 Å². The molecule has 1 spiro atoms. The van der Waals surface area contributed by atoms with E-state index in [0.717, 1.165) is 67.2 Å². The van der Waals surface area contributed by atoms with Gasteiger partial charge in [0.25, 0.3) is 11.8 Å². The average Bonchev–Trinajstić information content (AvgIpc) is 3.38. The van der Waals surface area contributed by atoms with E-state index in [1.807, 2.05) is 36.6 Å². The lowest BCUT2D eigenvalue weighted by Crippen LogP contribution is -2.49.